The van der Waals surface area contributed by atoms with Gasteiger partial charge in [-0.1, -0.05) is 6.08 Å². The molecule has 1 heterocycles. The third-order valence-electron chi connectivity index (χ3n) is 3.32. The van der Waals surface area contributed by atoms with Crippen LogP contribution < -0.4 is 0 Å². The van der Waals surface area contributed by atoms with Crippen molar-refractivity contribution in [2.24, 2.45) is 5.41 Å². The lowest BCUT2D eigenvalue weighted by molar-refractivity contribution is -0.189. The van der Waals surface area contributed by atoms with Gasteiger partial charge in [-0.25, -0.2) is 0 Å². The summed E-state index contributed by atoms with van der Waals surface area (Å²) in [6.07, 6.45) is -3.61. The Hall–Kier alpha value is -1.57. The van der Waals surface area contributed by atoms with Crippen LogP contribution >= 0.6 is 0 Å². The van der Waals surface area contributed by atoms with Gasteiger partial charge in [0.25, 0.3) is 0 Å². The average Bonchev–Trinajstić information content (AvgIpc) is 2.37. The fourth-order valence-corrected chi connectivity index (χ4v) is 2.07. The highest BCUT2D eigenvalue weighted by Gasteiger charge is 2.48. The summed E-state index contributed by atoms with van der Waals surface area (Å²) in [6, 6.07) is 0. The van der Waals surface area contributed by atoms with Crippen LogP contribution in [0.15, 0.2) is 12.7 Å². The molecular formula is C12H16F3NO4. The molecule has 5 nitrogen and oxygen atoms in total. The maximum Gasteiger partial charge on any atom is 0.471 e. The Morgan fingerprint density at radius 2 is 1.90 bits per heavy atom. The van der Waals surface area contributed by atoms with E-state index in [0.717, 1.165) is 0 Å². The predicted octanol–water partition coefficient (Wildman–Crippen LogP) is 1.44. The van der Waals surface area contributed by atoms with Crippen molar-refractivity contribution in [1.29, 1.82) is 0 Å². The highest BCUT2D eigenvalue weighted by Crippen LogP contribution is 2.33. The summed E-state index contributed by atoms with van der Waals surface area (Å²) in [5, 5.41) is 9.24. The first-order valence-corrected chi connectivity index (χ1v) is 6.01. The summed E-state index contributed by atoms with van der Waals surface area (Å²) in [6.45, 7) is 2.99. The Kier molecular flexibility index (Phi) is 5.15. The van der Waals surface area contributed by atoms with E-state index in [1.165, 1.54) is 6.08 Å². The van der Waals surface area contributed by atoms with Crippen molar-refractivity contribution >= 4 is 11.9 Å². The second-order valence-electron chi connectivity index (χ2n) is 4.68. The summed E-state index contributed by atoms with van der Waals surface area (Å²) < 4.78 is 42.0. The topological polar surface area (TPSA) is 66.8 Å². The number of carbonyl (C=O) groups excluding carboxylic acids is 1. The Balaban J connectivity index is 2.66. The minimum atomic E-state index is -4.93. The van der Waals surface area contributed by atoms with Gasteiger partial charge in [0.2, 0.25) is 0 Å². The SMILES string of the molecule is C=CCOCC1(C(=O)O)CCN(C(=O)C(F)(F)F)CC1. The summed E-state index contributed by atoms with van der Waals surface area (Å²) in [7, 11) is 0. The minimum absolute atomic E-state index is 0.0682. The number of amides is 1. The summed E-state index contributed by atoms with van der Waals surface area (Å²) in [5.41, 5.74) is -1.24. The first kappa shape index (κ1) is 16.5. The molecule has 0 radical (unpaired) electrons. The van der Waals surface area contributed by atoms with Crippen LogP contribution in [-0.2, 0) is 14.3 Å². The summed E-state index contributed by atoms with van der Waals surface area (Å²) in [4.78, 5) is 23.0. The molecule has 0 unspecified atom stereocenters. The molecule has 0 aromatic carbocycles. The molecule has 0 spiro atoms. The van der Waals surface area contributed by atoms with E-state index in [0.29, 0.717) is 4.90 Å². The van der Waals surface area contributed by atoms with Crippen LogP contribution in [0.25, 0.3) is 0 Å². The number of nitrogens with zero attached hydrogens (tertiary/aromatic N) is 1. The number of hydrogen-bond donors (Lipinski definition) is 1. The van der Waals surface area contributed by atoms with Gasteiger partial charge < -0.3 is 14.7 Å². The molecule has 8 heteroatoms. The van der Waals surface area contributed by atoms with Gasteiger partial charge in [0, 0.05) is 13.1 Å². The molecule has 1 amide bonds. The van der Waals surface area contributed by atoms with Crippen molar-refractivity contribution in [2.75, 3.05) is 26.3 Å². The van der Waals surface area contributed by atoms with Gasteiger partial charge in [0.15, 0.2) is 0 Å². The lowest BCUT2D eigenvalue weighted by Gasteiger charge is -2.38. The van der Waals surface area contributed by atoms with E-state index in [-0.39, 0.29) is 39.1 Å². The third-order valence-corrected chi connectivity index (χ3v) is 3.32. The number of halogens is 3. The molecule has 20 heavy (non-hydrogen) atoms. The number of aliphatic carboxylic acids is 1. The maximum atomic E-state index is 12.3. The van der Waals surface area contributed by atoms with Crippen LogP contribution in [0.3, 0.4) is 0 Å². The fraction of sp³-hybridized carbons (Fsp3) is 0.667. The van der Waals surface area contributed by atoms with Gasteiger partial charge in [-0.2, -0.15) is 13.2 Å². The van der Waals surface area contributed by atoms with Gasteiger partial charge in [0.1, 0.15) is 0 Å². The number of ether oxygens (including phenoxy) is 1. The van der Waals surface area contributed by atoms with Crippen LogP contribution in [0, 0.1) is 5.41 Å². The highest BCUT2D eigenvalue weighted by atomic mass is 19.4. The Morgan fingerprint density at radius 3 is 2.30 bits per heavy atom. The molecule has 114 valence electrons. The van der Waals surface area contributed by atoms with Crippen LogP contribution in [-0.4, -0.2) is 54.4 Å². The molecule has 0 aliphatic carbocycles. The van der Waals surface area contributed by atoms with E-state index in [1.54, 1.807) is 0 Å². The number of rotatable bonds is 5. The lowest BCUT2D eigenvalue weighted by atomic mass is 9.79. The van der Waals surface area contributed by atoms with Gasteiger partial charge >= 0.3 is 18.1 Å². The lowest BCUT2D eigenvalue weighted by Crippen LogP contribution is -2.51. The van der Waals surface area contributed by atoms with Crippen molar-refractivity contribution in [1.82, 2.24) is 4.90 Å². The first-order chi connectivity index (χ1) is 9.23. The Morgan fingerprint density at radius 1 is 1.35 bits per heavy atom. The number of carbonyl (C=O) groups is 2. The number of carboxylic acid groups (broad SMARTS) is 1. The van der Waals surface area contributed by atoms with Crippen LogP contribution in [0.1, 0.15) is 12.8 Å². The van der Waals surface area contributed by atoms with E-state index < -0.39 is 23.5 Å². The zero-order valence-electron chi connectivity index (χ0n) is 10.8. The average molecular weight is 295 g/mol. The molecule has 0 saturated carbocycles. The minimum Gasteiger partial charge on any atom is -0.481 e. The normalized spacial score (nSPS) is 18.6. The molecule has 0 aromatic heterocycles. The summed E-state index contributed by atoms with van der Waals surface area (Å²) in [5.74, 6) is -3.05. The van der Waals surface area contributed by atoms with Crippen LogP contribution in [0.2, 0.25) is 0 Å². The maximum absolute atomic E-state index is 12.3. The van der Waals surface area contributed by atoms with Crippen molar-refractivity contribution in [3.8, 4) is 0 Å². The second kappa shape index (κ2) is 6.25. The second-order valence-corrected chi connectivity index (χ2v) is 4.68. The zero-order chi connectivity index (χ0) is 15.4. The van der Waals surface area contributed by atoms with Crippen molar-refractivity contribution in [2.45, 2.75) is 19.0 Å². The number of hydrogen-bond acceptors (Lipinski definition) is 3. The smallest absolute Gasteiger partial charge is 0.471 e. The number of piperidine rings is 1. The van der Waals surface area contributed by atoms with Crippen LogP contribution in [0.5, 0.6) is 0 Å². The Bertz CT molecular complexity index is 387. The number of likely N-dealkylation sites (tertiary alicyclic amines) is 1. The molecular weight excluding hydrogens is 279 g/mol. The number of alkyl halides is 3. The first-order valence-electron chi connectivity index (χ1n) is 6.01. The van der Waals surface area contributed by atoms with E-state index in [1.807, 2.05) is 0 Å². The molecule has 1 saturated heterocycles. The molecule has 0 aromatic rings. The quantitative estimate of drug-likeness (QED) is 0.616. The molecule has 1 aliphatic rings. The van der Waals surface area contributed by atoms with E-state index in [2.05, 4.69) is 6.58 Å². The molecule has 0 bridgehead atoms. The predicted molar refractivity (Wildman–Crippen MR) is 63.0 cm³/mol. The zero-order valence-corrected chi connectivity index (χ0v) is 10.8. The van der Waals surface area contributed by atoms with E-state index in [9.17, 15) is 27.9 Å². The van der Waals surface area contributed by atoms with Gasteiger partial charge in [-0.3, -0.25) is 9.59 Å². The molecule has 0 atom stereocenters. The van der Waals surface area contributed by atoms with Crippen molar-refractivity contribution in [3.05, 3.63) is 12.7 Å². The third kappa shape index (κ3) is 3.72. The van der Waals surface area contributed by atoms with E-state index >= 15 is 0 Å². The largest absolute Gasteiger partial charge is 0.481 e. The molecule has 1 rings (SSSR count). The van der Waals surface area contributed by atoms with Gasteiger partial charge in [0.05, 0.1) is 18.6 Å². The van der Waals surface area contributed by atoms with Gasteiger partial charge in [-0.05, 0) is 12.8 Å². The monoisotopic (exact) mass is 295 g/mol. The Labute approximate surface area is 114 Å². The van der Waals surface area contributed by atoms with Crippen molar-refractivity contribution in [3.63, 3.8) is 0 Å². The molecule has 1 fully saturated rings. The molecule has 1 aliphatic heterocycles. The fourth-order valence-electron chi connectivity index (χ4n) is 2.07. The highest BCUT2D eigenvalue weighted by molar-refractivity contribution is 5.82. The number of carboxylic acids is 1. The van der Waals surface area contributed by atoms with Crippen LogP contribution in [0.4, 0.5) is 13.2 Å². The van der Waals surface area contributed by atoms with Crippen molar-refractivity contribution < 1.29 is 32.6 Å². The summed E-state index contributed by atoms with van der Waals surface area (Å²) >= 11 is 0. The van der Waals surface area contributed by atoms with Gasteiger partial charge in [-0.15, -0.1) is 6.58 Å². The standard InChI is InChI=1S/C12H16F3NO4/c1-2-7-20-8-11(10(18)19)3-5-16(6-4-11)9(17)12(13,14)15/h2H,1,3-8H2,(H,18,19). The molecule has 1 N–H and O–H groups in total. The van der Waals surface area contributed by atoms with E-state index in [4.69, 9.17) is 4.74 Å².